The van der Waals surface area contributed by atoms with Crippen molar-refractivity contribution in [3.63, 3.8) is 0 Å². The lowest BCUT2D eigenvalue weighted by Gasteiger charge is -2.18. The van der Waals surface area contributed by atoms with Crippen LogP contribution in [0.2, 0.25) is 0 Å². The lowest BCUT2D eigenvalue weighted by atomic mass is 9.87. The molecule has 0 spiro atoms. The molecule has 0 radical (unpaired) electrons. The number of hydrogen-bond acceptors (Lipinski definition) is 2. The number of hydrogen-bond donors (Lipinski definition) is 0. The fourth-order valence-corrected chi connectivity index (χ4v) is 3.88. The van der Waals surface area contributed by atoms with Gasteiger partial charge in [0.2, 0.25) is 0 Å². The maximum atomic E-state index is 11.7. The summed E-state index contributed by atoms with van der Waals surface area (Å²) >= 11 is 0. The Bertz CT molecular complexity index is 440. The normalized spacial score (nSPS) is 35.0. The molecule has 17 heavy (non-hydrogen) atoms. The van der Waals surface area contributed by atoms with Gasteiger partial charge in [-0.1, -0.05) is 25.5 Å². The van der Waals surface area contributed by atoms with Crippen LogP contribution in [0, 0.1) is 17.3 Å². The minimum absolute atomic E-state index is 0.0746. The average Bonchev–Trinajstić information content (AvgIpc) is 2.68. The molecule has 1 saturated carbocycles. The summed E-state index contributed by atoms with van der Waals surface area (Å²) in [5.74, 6) is 1.23. The number of fused-ring (bicyclic) bond motifs is 1. The first-order chi connectivity index (χ1) is 7.96. The topological polar surface area (TPSA) is 26.3 Å². The van der Waals surface area contributed by atoms with Crippen LogP contribution in [0.5, 0.6) is 0 Å². The van der Waals surface area contributed by atoms with E-state index in [0.29, 0.717) is 23.9 Å². The Morgan fingerprint density at radius 1 is 1.35 bits per heavy atom. The first-order valence-corrected chi connectivity index (χ1v) is 6.54. The SMILES string of the molecule is CC1=CC2=C(CC3CC(C)(C)CC13)C(=O)OC2. The molecule has 3 aliphatic rings. The summed E-state index contributed by atoms with van der Waals surface area (Å²) in [4.78, 5) is 11.7. The maximum Gasteiger partial charge on any atom is 0.334 e. The second-order valence-corrected chi connectivity index (χ2v) is 6.61. The van der Waals surface area contributed by atoms with Gasteiger partial charge in [0.15, 0.2) is 0 Å². The van der Waals surface area contributed by atoms with E-state index in [0.717, 1.165) is 17.6 Å². The van der Waals surface area contributed by atoms with E-state index >= 15 is 0 Å². The van der Waals surface area contributed by atoms with Gasteiger partial charge in [0.25, 0.3) is 0 Å². The van der Waals surface area contributed by atoms with Crippen molar-refractivity contribution in [2.75, 3.05) is 6.61 Å². The van der Waals surface area contributed by atoms with Gasteiger partial charge in [-0.15, -0.1) is 0 Å². The van der Waals surface area contributed by atoms with Crippen LogP contribution in [-0.2, 0) is 9.53 Å². The first-order valence-electron chi connectivity index (χ1n) is 6.54. The number of ether oxygens (including phenoxy) is 1. The van der Waals surface area contributed by atoms with Crippen LogP contribution >= 0.6 is 0 Å². The molecule has 2 atom stereocenters. The van der Waals surface area contributed by atoms with Gasteiger partial charge in [-0.05, 0) is 49.0 Å². The number of carbonyl (C=O) groups is 1. The second kappa shape index (κ2) is 3.47. The summed E-state index contributed by atoms with van der Waals surface area (Å²) in [7, 11) is 0. The standard InChI is InChI=1S/C15H20O2/c1-9-4-11-8-17-14(16)12(11)5-10-6-15(2,3)7-13(9)10/h4,10,13H,5-8H2,1-3H3. The van der Waals surface area contributed by atoms with Crippen LogP contribution in [0.15, 0.2) is 22.8 Å². The van der Waals surface area contributed by atoms with Crippen molar-refractivity contribution in [2.45, 2.75) is 40.0 Å². The summed E-state index contributed by atoms with van der Waals surface area (Å²) < 4.78 is 5.15. The van der Waals surface area contributed by atoms with Gasteiger partial charge in [-0.2, -0.15) is 0 Å². The molecule has 1 heterocycles. The van der Waals surface area contributed by atoms with Gasteiger partial charge in [0.1, 0.15) is 6.61 Å². The molecule has 2 unspecified atom stereocenters. The molecule has 2 heteroatoms. The van der Waals surface area contributed by atoms with Crippen molar-refractivity contribution >= 4 is 5.97 Å². The molecule has 0 amide bonds. The highest BCUT2D eigenvalue weighted by atomic mass is 16.5. The van der Waals surface area contributed by atoms with Crippen molar-refractivity contribution in [2.24, 2.45) is 17.3 Å². The molecule has 2 aliphatic carbocycles. The summed E-state index contributed by atoms with van der Waals surface area (Å²) in [6.07, 6.45) is 5.63. The van der Waals surface area contributed by atoms with E-state index in [9.17, 15) is 4.79 Å². The molecule has 0 bridgehead atoms. The molecule has 1 aliphatic heterocycles. The highest BCUT2D eigenvalue weighted by molar-refractivity contribution is 5.92. The number of rotatable bonds is 0. The predicted octanol–water partition coefficient (Wildman–Crippen LogP) is 3.24. The maximum absolute atomic E-state index is 11.7. The number of carbonyl (C=O) groups excluding carboxylic acids is 1. The monoisotopic (exact) mass is 232 g/mol. The van der Waals surface area contributed by atoms with Crippen LogP contribution in [-0.4, -0.2) is 12.6 Å². The van der Waals surface area contributed by atoms with Crippen molar-refractivity contribution in [3.8, 4) is 0 Å². The van der Waals surface area contributed by atoms with E-state index in [4.69, 9.17) is 4.74 Å². The number of allylic oxidation sites excluding steroid dienone is 1. The fraction of sp³-hybridized carbons (Fsp3) is 0.667. The zero-order valence-corrected chi connectivity index (χ0v) is 10.9. The molecule has 1 fully saturated rings. The Kier molecular flexibility index (Phi) is 2.26. The molecule has 2 nitrogen and oxygen atoms in total. The van der Waals surface area contributed by atoms with E-state index in [2.05, 4.69) is 26.8 Å². The van der Waals surface area contributed by atoms with E-state index in [1.807, 2.05) is 0 Å². The van der Waals surface area contributed by atoms with Crippen LogP contribution in [0.1, 0.15) is 40.0 Å². The molecular formula is C15H20O2. The Balaban J connectivity index is 1.97. The van der Waals surface area contributed by atoms with E-state index in [-0.39, 0.29) is 5.97 Å². The molecule has 0 aromatic rings. The van der Waals surface area contributed by atoms with Crippen LogP contribution < -0.4 is 0 Å². The van der Waals surface area contributed by atoms with E-state index in [1.165, 1.54) is 18.4 Å². The Labute approximate surface area is 103 Å². The van der Waals surface area contributed by atoms with E-state index in [1.54, 1.807) is 0 Å². The Morgan fingerprint density at radius 3 is 2.88 bits per heavy atom. The third-order valence-corrected chi connectivity index (χ3v) is 4.60. The lowest BCUT2D eigenvalue weighted by Crippen LogP contribution is -2.11. The van der Waals surface area contributed by atoms with Crippen LogP contribution in [0.3, 0.4) is 0 Å². The Morgan fingerprint density at radius 2 is 2.12 bits per heavy atom. The quantitative estimate of drug-likeness (QED) is 0.599. The highest BCUT2D eigenvalue weighted by Gasteiger charge is 2.43. The molecular weight excluding hydrogens is 212 g/mol. The van der Waals surface area contributed by atoms with Gasteiger partial charge in [0, 0.05) is 5.57 Å². The smallest absolute Gasteiger partial charge is 0.334 e. The lowest BCUT2D eigenvalue weighted by molar-refractivity contribution is -0.136. The third kappa shape index (κ3) is 1.74. The molecule has 0 aromatic heterocycles. The van der Waals surface area contributed by atoms with Crippen molar-refractivity contribution in [1.82, 2.24) is 0 Å². The molecule has 0 N–H and O–H groups in total. The minimum Gasteiger partial charge on any atom is -0.457 e. The molecule has 3 rings (SSSR count). The van der Waals surface area contributed by atoms with Gasteiger partial charge in [0.05, 0.1) is 0 Å². The van der Waals surface area contributed by atoms with Gasteiger partial charge in [-0.3, -0.25) is 0 Å². The summed E-state index contributed by atoms with van der Waals surface area (Å²) in [5, 5.41) is 0. The van der Waals surface area contributed by atoms with Crippen molar-refractivity contribution in [1.29, 1.82) is 0 Å². The molecule has 0 saturated heterocycles. The van der Waals surface area contributed by atoms with Crippen molar-refractivity contribution in [3.05, 3.63) is 22.8 Å². The summed E-state index contributed by atoms with van der Waals surface area (Å²) in [6, 6.07) is 0. The fourth-order valence-electron chi connectivity index (χ4n) is 3.88. The first kappa shape index (κ1) is 11.1. The predicted molar refractivity (Wildman–Crippen MR) is 66.4 cm³/mol. The third-order valence-electron chi connectivity index (χ3n) is 4.60. The molecule has 92 valence electrons. The zero-order valence-electron chi connectivity index (χ0n) is 10.9. The van der Waals surface area contributed by atoms with E-state index < -0.39 is 0 Å². The largest absolute Gasteiger partial charge is 0.457 e. The minimum atomic E-state index is -0.0746. The van der Waals surface area contributed by atoms with Crippen molar-refractivity contribution < 1.29 is 9.53 Å². The number of esters is 1. The second-order valence-electron chi connectivity index (χ2n) is 6.61. The zero-order chi connectivity index (χ0) is 12.2. The highest BCUT2D eigenvalue weighted by Crippen LogP contribution is 2.52. The summed E-state index contributed by atoms with van der Waals surface area (Å²) in [6.45, 7) is 7.40. The number of cyclic esters (lactones) is 1. The Hall–Kier alpha value is -1.05. The van der Waals surface area contributed by atoms with Gasteiger partial charge < -0.3 is 4.74 Å². The van der Waals surface area contributed by atoms with Crippen LogP contribution in [0.4, 0.5) is 0 Å². The summed E-state index contributed by atoms with van der Waals surface area (Å²) in [5.41, 5.74) is 3.96. The average molecular weight is 232 g/mol. The molecule has 0 aromatic carbocycles. The van der Waals surface area contributed by atoms with Gasteiger partial charge in [-0.25, -0.2) is 4.79 Å². The van der Waals surface area contributed by atoms with Crippen LogP contribution in [0.25, 0.3) is 0 Å². The van der Waals surface area contributed by atoms with Gasteiger partial charge >= 0.3 is 5.97 Å².